The van der Waals surface area contributed by atoms with Crippen LogP contribution in [0, 0.1) is 5.41 Å². The van der Waals surface area contributed by atoms with E-state index < -0.39 is 11.4 Å². The number of carbonyl (C=O) groups is 1. The SMILES string of the molecule is CCCC(CN)(Cc1ccc2c(c1)CCC2)C(=O)O. The van der Waals surface area contributed by atoms with Crippen LogP contribution in [0.5, 0.6) is 0 Å². The highest BCUT2D eigenvalue weighted by molar-refractivity contribution is 5.75. The molecule has 1 aromatic carbocycles. The van der Waals surface area contributed by atoms with Crippen molar-refractivity contribution in [2.24, 2.45) is 11.1 Å². The van der Waals surface area contributed by atoms with Crippen LogP contribution in [0.4, 0.5) is 0 Å². The summed E-state index contributed by atoms with van der Waals surface area (Å²) >= 11 is 0. The maximum Gasteiger partial charge on any atom is 0.311 e. The van der Waals surface area contributed by atoms with Gasteiger partial charge in [-0.05, 0) is 48.8 Å². The summed E-state index contributed by atoms with van der Waals surface area (Å²) in [6.07, 6.45) is 5.52. The Bertz CT molecular complexity index is 470. The normalized spacial score (nSPS) is 16.9. The first-order valence-electron chi connectivity index (χ1n) is 7.15. The van der Waals surface area contributed by atoms with E-state index >= 15 is 0 Å². The number of aliphatic carboxylic acids is 1. The lowest BCUT2D eigenvalue weighted by Crippen LogP contribution is -2.40. The summed E-state index contributed by atoms with van der Waals surface area (Å²) in [4.78, 5) is 11.6. The smallest absolute Gasteiger partial charge is 0.311 e. The zero-order chi connectivity index (χ0) is 13.9. The maximum absolute atomic E-state index is 11.6. The Kier molecular flexibility index (Phi) is 4.25. The quantitative estimate of drug-likeness (QED) is 0.827. The third kappa shape index (κ3) is 2.81. The minimum Gasteiger partial charge on any atom is -0.481 e. The molecule has 0 fully saturated rings. The monoisotopic (exact) mass is 261 g/mol. The molecule has 2 rings (SSSR count). The van der Waals surface area contributed by atoms with Crippen LogP contribution < -0.4 is 5.73 Å². The van der Waals surface area contributed by atoms with Gasteiger partial charge in [-0.25, -0.2) is 0 Å². The predicted molar refractivity (Wildman–Crippen MR) is 76.2 cm³/mol. The summed E-state index contributed by atoms with van der Waals surface area (Å²) < 4.78 is 0. The summed E-state index contributed by atoms with van der Waals surface area (Å²) in [5.41, 5.74) is 8.90. The van der Waals surface area contributed by atoms with Gasteiger partial charge in [0.2, 0.25) is 0 Å². The Hall–Kier alpha value is -1.35. The van der Waals surface area contributed by atoms with E-state index in [1.165, 1.54) is 17.5 Å². The molecule has 3 N–H and O–H groups in total. The van der Waals surface area contributed by atoms with Crippen molar-refractivity contribution in [1.29, 1.82) is 0 Å². The second-order valence-corrected chi connectivity index (χ2v) is 5.67. The van der Waals surface area contributed by atoms with E-state index in [4.69, 9.17) is 5.73 Å². The summed E-state index contributed by atoms with van der Waals surface area (Å²) in [5.74, 6) is -0.766. The average molecular weight is 261 g/mol. The van der Waals surface area contributed by atoms with Gasteiger partial charge in [0.05, 0.1) is 5.41 Å². The molecule has 3 nitrogen and oxygen atoms in total. The summed E-state index contributed by atoms with van der Waals surface area (Å²) in [6.45, 7) is 2.21. The molecule has 1 aromatic rings. The second-order valence-electron chi connectivity index (χ2n) is 5.67. The lowest BCUT2D eigenvalue weighted by atomic mass is 9.77. The molecule has 1 aliphatic rings. The van der Waals surface area contributed by atoms with Gasteiger partial charge in [0, 0.05) is 6.54 Å². The third-order valence-corrected chi connectivity index (χ3v) is 4.28. The molecule has 0 aliphatic heterocycles. The molecule has 19 heavy (non-hydrogen) atoms. The van der Waals surface area contributed by atoms with Crippen molar-refractivity contribution >= 4 is 5.97 Å². The van der Waals surface area contributed by atoms with Crippen molar-refractivity contribution in [1.82, 2.24) is 0 Å². The van der Waals surface area contributed by atoms with Crippen molar-refractivity contribution in [2.45, 2.75) is 45.4 Å². The van der Waals surface area contributed by atoms with Crippen molar-refractivity contribution in [3.05, 3.63) is 34.9 Å². The van der Waals surface area contributed by atoms with Crippen LogP contribution in [0.25, 0.3) is 0 Å². The fraction of sp³-hybridized carbons (Fsp3) is 0.562. The Morgan fingerprint density at radius 2 is 2.11 bits per heavy atom. The molecular weight excluding hydrogens is 238 g/mol. The number of carboxylic acid groups (broad SMARTS) is 1. The molecule has 0 saturated heterocycles. The fourth-order valence-corrected chi connectivity index (χ4v) is 3.14. The first-order chi connectivity index (χ1) is 9.11. The summed E-state index contributed by atoms with van der Waals surface area (Å²) in [6, 6.07) is 6.42. The lowest BCUT2D eigenvalue weighted by molar-refractivity contribution is -0.148. The van der Waals surface area contributed by atoms with Crippen LogP contribution in [-0.4, -0.2) is 17.6 Å². The van der Waals surface area contributed by atoms with Gasteiger partial charge in [0.1, 0.15) is 0 Å². The van der Waals surface area contributed by atoms with Crippen LogP contribution in [-0.2, 0) is 24.1 Å². The van der Waals surface area contributed by atoms with Crippen LogP contribution in [0.2, 0.25) is 0 Å². The number of rotatable bonds is 6. The zero-order valence-corrected chi connectivity index (χ0v) is 11.6. The predicted octanol–water partition coefficient (Wildman–Crippen LogP) is 2.55. The first kappa shape index (κ1) is 14.1. The van der Waals surface area contributed by atoms with Gasteiger partial charge < -0.3 is 10.8 Å². The summed E-state index contributed by atoms with van der Waals surface area (Å²) in [5, 5.41) is 9.53. The molecule has 0 spiro atoms. The highest BCUT2D eigenvalue weighted by Gasteiger charge is 2.36. The van der Waals surface area contributed by atoms with Crippen LogP contribution >= 0.6 is 0 Å². The van der Waals surface area contributed by atoms with E-state index in [0.29, 0.717) is 12.8 Å². The molecular formula is C16H23NO2. The number of aryl methyl sites for hydroxylation is 2. The highest BCUT2D eigenvalue weighted by atomic mass is 16.4. The average Bonchev–Trinajstić information content (AvgIpc) is 2.85. The number of carboxylic acids is 1. The minimum atomic E-state index is -0.804. The molecule has 1 unspecified atom stereocenters. The molecule has 1 aliphatic carbocycles. The van der Waals surface area contributed by atoms with Crippen LogP contribution in [0.15, 0.2) is 18.2 Å². The molecule has 0 radical (unpaired) electrons. The highest BCUT2D eigenvalue weighted by Crippen LogP contribution is 2.30. The van der Waals surface area contributed by atoms with Gasteiger partial charge in [0.15, 0.2) is 0 Å². The molecule has 0 heterocycles. The van der Waals surface area contributed by atoms with Crippen molar-refractivity contribution < 1.29 is 9.90 Å². The van der Waals surface area contributed by atoms with Gasteiger partial charge in [-0.2, -0.15) is 0 Å². The Labute approximate surface area is 114 Å². The Morgan fingerprint density at radius 3 is 2.74 bits per heavy atom. The number of nitrogens with two attached hydrogens (primary N) is 1. The molecule has 3 heteroatoms. The number of benzene rings is 1. The molecule has 1 atom stereocenters. The Morgan fingerprint density at radius 1 is 1.37 bits per heavy atom. The van der Waals surface area contributed by atoms with E-state index in [2.05, 4.69) is 18.2 Å². The van der Waals surface area contributed by atoms with Crippen molar-refractivity contribution in [3.8, 4) is 0 Å². The molecule has 0 aromatic heterocycles. The zero-order valence-electron chi connectivity index (χ0n) is 11.6. The topological polar surface area (TPSA) is 63.3 Å². The van der Waals surface area contributed by atoms with Crippen LogP contribution in [0.1, 0.15) is 42.9 Å². The van der Waals surface area contributed by atoms with E-state index in [0.717, 1.165) is 24.8 Å². The number of fused-ring (bicyclic) bond motifs is 1. The molecule has 0 saturated carbocycles. The van der Waals surface area contributed by atoms with Crippen molar-refractivity contribution in [3.63, 3.8) is 0 Å². The third-order valence-electron chi connectivity index (χ3n) is 4.28. The second kappa shape index (κ2) is 5.74. The van der Waals surface area contributed by atoms with Gasteiger partial charge >= 0.3 is 5.97 Å². The van der Waals surface area contributed by atoms with E-state index in [1.807, 2.05) is 6.92 Å². The van der Waals surface area contributed by atoms with Gasteiger partial charge in [-0.3, -0.25) is 4.79 Å². The fourth-order valence-electron chi connectivity index (χ4n) is 3.14. The largest absolute Gasteiger partial charge is 0.481 e. The van der Waals surface area contributed by atoms with Crippen LogP contribution in [0.3, 0.4) is 0 Å². The van der Waals surface area contributed by atoms with Gasteiger partial charge in [0.25, 0.3) is 0 Å². The van der Waals surface area contributed by atoms with E-state index in [9.17, 15) is 9.90 Å². The standard InChI is InChI=1S/C16H23NO2/c1-2-8-16(11-17,15(18)19)10-12-6-7-13-4-3-5-14(13)9-12/h6-7,9H,2-5,8,10-11,17H2,1H3,(H,18,19). The molecule has 104 valence electrons. The minimum absolute atomic E-state index is 0.202. The molecule has 0 amide bonds. The van der Waals surface area contributed by atoms with E-state index in [-0.39, 0.29) is 6.54 Å². The van der Waals surface area contributed by atoms with Gasteiger partial charge in [-0.15, -0.1) is 0 Å². The lowest BCUT2D eigenvalue weighted by Gasteiger charge is -2.27. The first-order valence-corrected chi connectivity index (χ1v) is 7.15. The Balaban J connectivity index is 2.24. The number of hydrogen-bond donors (Lipinski definition) is 2. The maximum atomic E-state index is 11.6. The number of hydrogen-bond acceptors (Lipinski definition) is 2. The summed E-state index contributed by atoms with van der Waals surface area (Å²) in [7, 11) is 0. The van der Waals surface area contributed by atoms with Gasteiger partial charge in [-0.1, -0.05) is 31.5 Å². The molecule has 0 bridgehead atoms. The van der Waals surface area contributed by atoms with Crippen molar-refractivity contribution in [2.75, 3.05) is 6.54 Å². The van der Waals surface area contributed by atoms with E-state index in [1.54, 1.807) is 0 Å².